The highest BCUT2D eigenvalue weighted by molar-refractivity contribution is 7.92. The van der Waals surface area contributed by atoms with E-state index < -0.39 is 38.4 Å². The maximum absolute atomic E-state index is 13.3. The van der Waals surface area contributed by atoms with E-state index in [2.05, 4.69) is 0 Å². The smallest absolute Gasteiger partial charge is 0.347 e. The number of ketones is 1. The van der Waals surface area contributed by atoms with Gasteiger partial charge in [0.25, 0.3) is 0 Å². The van der Waals surface area contributed by atoms with Gasteiger partial charge in [0, 0.05) is 10.4 Å². The fourth-order valence-electron chi connectivity index (χ4n) is 2.26. The molecule has 3 aromatic rings. The molecule has 0 amide bonds. The predicted molar refractivity (Wildman–Crippen MR) is 90.3 cm³/mol. The largest absolute Gasteiger partial charge is 0.422 e. The average molecular weight is 381 g/mol. The lowest BCUT2D eigenvalue weighted by molar-refractivity contribution is 0.101. The Morgan fingerprint density at radius 3 is 2.44 bits per heavy atom. The first-order chi connectivity index (χ1) is 11.8. The number of hydrogen-bond donors (Lipinski definition) is 0. The van der Waals surface area contributed by atoms with E-state index in [1.807, 2.05) is 0 Å². The summed E-state index contributed by atoms with van der Waals surface area (Å²) in [7, 11) is -3.97. The molecule has 0 aliphatic carbocycles. The van der Waals surface area contributed by atoms with Crippen molar-refractivity contribution in [3.63, 3.8) is 0 Å². The predicted octanol–water partition coefficient (Wildman–Crippen LogP) is 3.24. The highest BCUT2D eigenvalue weighted by Gasteiger charge is 2.23. The molecule has 0 spiro atoms. The number of benzene rings is 2. The molecule has 3 rings (SSSR count). The zero-order valence-corrected chi connectivity index (χ0v) is 14.1. The third kappa shape index (κ3) is 3.62. The van der Waals surface area contributed by atoms with Gasteiger partial charge in [-0.05, 0) is 48.5 Å². The zero-order chi connectivity index (χ0) is 18.2. The summed E-state index contributed by atoms with van der Waals surface area (Å²) in [4.78, 5) is 24.1. The third-order valence-electron chi connectivity index (χ3n) is 3.49. The van der Waals surface area contributed by atoms with Crippen LogP contribution in [0.1, 0.15) is 10.4 Å². The number of carbonyl (C=O) groups is 1. The van der Waals surface area contributed by atoms with E-state index in [-0.39, 0.29) is 15.9 Å². The molecule has 0 atom stereocenters. The van der Waals surface area contributed by atoms with Gasteiger partial charge in [0.2, 0.25) is 0 Å². The lowest BCUT2D eigenvalue weighted by atomic mass is 10.1. The van der Waals surface area contributed by atoms with Crippen molar-refractivity contribution in [1.82, 2.24) is 0 Å². The molecule has 25 heavy (non-hydrogen) atoms. The summed E-state index contributed by atoms with van der Waals surface area (Å²) in [6.07, 6.45) is 0. The van der Waals surface area contributed by atoms with Gasteiger partial charge in [0.05, 0.1) is 4.90 Å². The van der Waals surface area contributed by atoms with Crippen LogP contribution in [0, 0.1) is 5.82 Å². The van der Waals surface area contributed by atoms with Crippen molar-refractivity contribution >= 4 is 38.2 Å². The molecule has 0 aliphatic rings. The van der Waals surface area contributed by atoms with Crippen molar-refractivity contribution in [2.75, 3.05) is 5.75 Å². The van der Waals surface area contributed by atoms with Crippen LogP contribution in [-0.2, 0) is 9.84 Å². The van der Waals surface area contributed by atoms with Crippen LogP contribution in [0.15, 0.2) is 62.6 Å². The van der Waals surface area contributed by atoms with E-state index in [0.717, 1.165) is 18.2 Å². The molecule has 0 saturated heterocycles. The van der Waals surface area contributed by atoms with E-state index in [0.29, 0.717) is 5.02 Å². The monoisotopic (exact) mass is 380 g/mol. The van der Waals surface area contributed by atoms with E-state index in [1.54, 1.807) is 0 Å². The lowest BCUT2D eigenvalue weighted by Crippen LogP contribution is -2.22. The molecule has 0 unspecified atom stereocenters. The van der Waals surface area contributed by atoms with Gasteiger partial charge in [-0.2, -0.15) is 0 Å². The standard InChI is InChI=1S/C17H10ClFO5S/c18-11-1-4-13(5-2-11)25(22,23)9-15(20)14-8-10-7-12(19)3-6-16(10)24-17(14)21/h1-8H,9H2. The second-order valence-electron chi connectivity index (χ2n) is 5.27. The molecule has 0 fully saturated rings. The Bertz CT molecular complexity index is 1130. The SMILES string of the molecule is O=C(CS(=O)(=O)c1ccc(Cl)cc1)c1cc2cc(F)ccc2oc1=O. The number of fused-ring (bicyclic) bond motifs is 1. The average Bonchev–Trinajstić information content (AvgIpc) is 2.54. The van der Waals surface area contributed by atoms with Crippen LogP contribution in [0.3, 0.4) is 0 Å². The van der Waals surface area contributed by atoms with Gasteiger partial charge in [-0.3, -0.25) is 4.79 Å². The molecule has 2 aromatic carbocycles. The number of halogens is 2. The van der Waals surface area contributed by atoms with E-state index in [4.69, 9.17) is 16.0 Å². The van der Waals surface area contributed by atoms with Crippen molar-refractivity contribution in [2.45, 2.75) is 4.90 Å². The molecule has 0 N–H and O–H groups in total. The first kappa shape index (κ1) is 17.3. The molecule has 8 heteroatoms. The summed E-state index contributed by atoms with van der Waals surface area (Å²) >= 11 is 5.71. The van der Waals surface area contributed by atoms with E-state index >= 15 is 0 Å². The van der Waals surface area contributed by atoms with E-state index in [9.17, 15) is 22.4 Å². The highest BCUT2D eigenvalue weighted by Crippen LogP contribution is 2.18. The fraction of sp³-hybridized carbons (Fsp3) is 0.0588. The Morgan fingerprint density at radius 1 is 1.08 bits per heavy atom. The maximum Gasteiger partial charge on any atom is 0.347 e. The molecule has 0 bridgehead atoms. The fourth-order valence-corrected chi connectivity index (χ4v) is 3.61. The van der Waals surface area contributed by atoms with Gasteiger partial charge in [-0.15, -0.1) is 0 Å². The molecule has 0 saturated carbocycles. The van der Waals surface area contributed by atoms with E-state index in [1.165, 1.54) is 30.3 Å². The van der Waals surface area contributed by atoms with Crippen molar-refractivity contribution in [2.24, 2.45) is 0 Å². The summed E-state index contributed by atoms with van der Waals surface area (Å²) in [6, 6.07) is 9.87. The number of sulfone groups is 1. The van der Waals surface area contributed by atoms with Crippen LogP contribution in [0.4, 0.5) is 4.39 Å². The minimum Gasteiger partial charge on any atom is -0.422 e. The summed E-state index contributed by atoms with van der Waals surface area (Å²) in [6.45, 7) is 0. The Morgan fingerprint density at radius 2 is 1.76 bits per heavy atom. The van der Waals surface area contributed by atoms with Gasteiger partial charge in [0.1, 0.15) is 22.7 Å². The third-order valence-corrected chi connectivity index (χ3v) is 5.37. The second-order valence-corrected chi connectivity index (χ2v) is 7.69. The Hall–Kier alpha value is -2.51. The number of rotatable bonds is 4. The zero-order valence-electron chi connectivity index (χ0n) is 12.5. The van der Waals surface area contributed by atoms with Crippen LogP contribution < -0.4 is 5.63 Å². The molecule has 128 valence electrons. The Labute approximate surface area is 146 Å². The second kappa shape index (κ2) is 6.42. The van der Waals surface area contributed by atoms with Gasteiger partial charge in [0.15, 0.2) is 15.6 Å². The minimum absolute atomic E-state index is 0.0959. The number of hydrogen-bond acceptors (Lipinski definition) is 5. The summed E-state index contributed by atoms with van der Waals surface area (Å²) in [5.41, 5.74) is -1.32. The van der Waals surface area contributed by atoms with Gasteiger partial charge >= 0.3 is 5.63 Å². The first-order valence-electron chi connectivity index (χ1n) is 7.01. The lowest BCUT2D eigenvalue weighted by Gasteiger charge is -2.05. The minimum atomic E-state index is -3.97. The molecule has 0 radical (unpaired) electrons. The molecule has 1 heterocycles. The quantitative estimate of drug-likeness (QED) is 0.512. The van der Waals surface area contributed by atoms with Crippen LogP contribution in [0.2, 0.25) is 5.02 Å². The van der Waals surface area contributed by atoms with Crippen LogP contribution in [0.5, 0.6) is 0 Å². The van der Waals surface area contributed by atoms with Crippen LogP contribution in [0.25, 0.3) is 11.0 Å². The Kier molecular flexibility index (Phi) is 4.45. The molecular weight excluding hydrogens is 371 g/mol. The van der Waals surface area contributed by atoms with Crippen molar-refractivity contribution in [3.8, 4) is 0 Å². The highest BCUT2D eigenvalue weighted by atomic mass is 35.5. The number of Topliss-reactive ketones (excluding diaryl/α,β-unsaturated/α-hetero) is 1. The molecule has 5 nitrogen and oxygen atoms in total. The molecule has 0 aliphatic heterocycles. The van der Waals surface area contributed by atoms with Gasteiger partial charge in [-0.1, -0.05) is 11.6 Å². The Balaban J connectivity index is 1.98. The first-order valence-corrected chi connectivity index (χ1v) is 9.04. The normalized spacial score (nSPS) is 11.6. The molecular formula is C17H10ClFO5S. The van der Waals surface area contributed by atoms with Gasteiger partial charge < -0.3 is 4.42 Å². The van der Waals surface area contributed by atoms with Crippen LogP contribution >= 0.6 is 11.6 Å². The summed E-state index contributed by atoms with van der Waals surface area (Å²) < 4.78 is 42.8. The van der Waals surface area contributed by atoms with Crippen molar-refractivity contribution in [3.05, 3.63) is 75.4 Å². The van der Waals surface area contributed by atoms with Crippen molar-refractivity contribution in [1.29, 1.82) is 0 Å². The summed E-state index contributed by atoms with van der Waals surface area (Å²) in [5.74, 6) is -2.43. The maximum atomic E-state index is 13.3. The van der Waals surface area contributed by atoms with Crippen molar-refractivity contribution < 1.29 is 22.0 Å². The summed E-state index contributed by atoms with van der Waals surface area (Å²) in [5, 5.41) is 0.536. The number of carbonyl (C=O) groups excluding carboxylic acids is 1. The van der Waals surface area contributed by atoms with Gasteiger partial charge in [-0.25, -0.2) is 17.6 Å². The van der Waals surface area contributed by atoms with Crippen LogP contribution in [-0.4, -0.2) is 20.0 Å². The molecule has 1 aromatic heterocycles. The topological polar surface area (TPSA) is 81.4 Å².